The molecular weight excluding hydrogens is 356 g/mol. The number of rotatable bonds is 5. The molecule has 1 aromatic carbocycles. The van der Waals surface area contributed by atoms with E-state index < -0.39 is 0 Å². The number of benzene rings is 1. The van der Waals surface area contributed by atoms with Gasteiger partial charge in [0.25, 0.3) is 0 Å². The molecule has 4 nitrogen and oxygen atoms in total. The summed E-state index contributed by atoms with van der Waals surface area (Å²) in [7, 11) is 1.68. The van der Waals surface area contributed by atoms with E-state index in [-0.39, 0.29) is 5.41 Å². The lowest BCUT2D eigenvalue weighted by molar-refractivity contribution is -0.146. The summed E-state index contributed by atoms with van der Waals surface area (Å²) < 4.78 is 5.33. The van der Waals surface area contributed by atoms with Gasteiger partial charge in [0, 0.05) is 35.9 Å². The zero-order chi connectivity index (χ0) is 18.9. The van der Waals surface area contributed by atoms with E-state index in [1.165, 1.54) is 9.75 Å². The molecule has 2 aromatic rings. The van der Waals surface area contributed by atoms with Crippen molar-refractivity contribution < 1.29 is 9.53 Å². The molecule has 1 amide bonds. The molecule has 3 heterocycles. The maximum atomic E-state index is 13.4. The molecule has 5 heteroatoms. The summed E-state index contributed by atoms with van der Waals surface area (Å²) >= 11 is 1.87. The third kappa shape index (κ3) is 3.90. The number of likely N-dealkylation sites (tertiary alicyclic amines) is 2. The van der Waals surface area contributed by atoms with Crippen molar-refractivity contribution in [1.29, 1.82) is 0 Å². The Labute approximate surface area is 165 Å². The third-order valence-corrected chi connectivity index (χ3v) is 6.93. The van der Waals surface area contributed by atoms with Crippen LogP contribution in [0.25, 0.3) is 0 Å². The molecular formula is C22H28N2O2S. The van der Waals surface area contributed by atoms with Gasteiger partial charge in [-0.15, -0.1) is 11.3 Å². The van der Waals surface area contributed by atoms with E-state index in [4.69, 9.17) is 4.74 Å². The lowest BCUT2D eigenvalue weighted by Crippen LogP contribution is -2.49. The largest absolute Gasteiger partial charge is 0.497 e. The van der Waals surface area contributed by atoms with Crippen LogP contribution in [0.15, 0.2) is 36.4 Å². The van der Waals surface area contributed by atoms with Crippen molar-refractivity contribution in [2.45, 2.75) is 39.3 Å². The van der Waals surface area contributed by atoms with E-state index in [0.717, 1.165) is 56.8 Å². The maximum absolute atomic E-state index is 13.4. The van der Waals surface area contributed by atoms with Gasteiger partial charge < -0.3 is 9.64 Å². The van der Waals surface area contributed by atoms with Gasteiger partial charge >= 0.3 is 0 Å². The van der Waals surface area contributed by atoms with Crippen molar-refractivity contribution in [3.05, 3.63) is 51.7 Å². The molecule has 1 aromatic heterocycles. The average Bonchev–Trinajstić information content (AvgIpc) is 3.26. The summed E-state index contributed by atoms with van der Waals surface area (Å²) in [6.07, 6.45) is 3.12. The van der Waals surface area contributed by atoms with E-state index in [1.54, 1.807) is 7.11 Å². The molecule has 2 aliphatic rings. The number of ether oxygens (including phenoxy) is 1. The van der Waals surface area contributed by atoms with Crippen molar-refractivity contribution in [1.82, 2.24) is 9.80 Å². The van der Waals surface area contributed by atoms with Crippen LogP contribution in [0, 0.1) is 12.3 Å². The first-order valence-corrected chi connectivity index (χ1v) is 10.6. The minimum atomic E-state index is -0.177. The second kappa shape index (κ2) is 7.64. The summed E-state index contributed by atoms with van der Waals surface area (Å²) in [4.78, 5) is 20.7. The Kier molecular flexibility index (Phi) is 5.24. The molecule has 1 atom stereocenters. The normalized spacial score (nSPS) is 23.3. The van der Waals surface area contributed by atoms with E-state index in [9.17, 15) is 4.79 Å². The number of nitrogens with zero attached hydrogens (tertiary/aromatic N) is 2. The summed E-state index contributed by atoms with van der Waals surface area (Å²) in [6.45, 7) is 6.60. The van der Waals surface area contributed by atoms with Gasteiger partial charge in [0.15, 0.2) is 0 Å². The Hall–Kier alpha value is -1.85. The first-order chi connectivity index (χ1) is 13.1. The number of hydrogen-bond donors (Lipinski definition) is 0. The first kappa shape index (κ1) is 18.5. The van der Waals surface area contributed by atoms with Gasteiger partial charge in [-0.25, -0.2) is 0 Å². The summed E-state index contributed by atoms with van der Waals surface area (Å²) in [5.41, 5.74) is 0.965. The standard InChI is InChI=1S/C22H28N2O2S/c1-17-7-8-20(27-17)15-23-12-10-22(16-23)9-4-11-24(21(22)25)14-18-5-3-6-19(13-18)26-2/h3,5-8,13H,4,9-12,14-16H2,1-2H3. The molecule has 27 heavy (non-hydrogen) atoms. The molecule has 2 fully saturated rings. The van der Waals surface area contributed by atoms with Crippen LogP contribution in [0.3, 0.4) is 0 Å². The van der Waals surface area contributed by atoms with E-state index >= 15 is 0 Å². The molecule has 0 bridgehead atoms. The SMILES string of the molecule is COc1cccc(CN2CCCC3(CCN(Cc4ccc(C)s4)C3)C2=O)c1. The van der Waals surface area contributed by atoms with Crippen molar-refractivity contribution >= 4 is 17.2 Å². The van der Waals surface area contributed by atoms with Crippen LogP contribution in [0.5, 0.6) is 5.75 Å². The monoisotopic (exact) mass is 384 g/mol. The minimum absolute atomic E-state index is 0.177. The summed E-state index contributed by atoms with van der Waals surface area (Å²) in [6, 6.07) is 12.5. The third-order valence-electron chi connectivity index (χ3n) is 5.94. The van der Waals surface area contributed by atoms with Crippen LogP contribution in [0.4, 0.5) is 0 Å². The number of methoxy groups -OCH3 is 1. The summed E-state index contributed by atoms with van der Waals surface area (Å²) in [5, 5.41) is 0. The Morgan fingerprint density at radius 2 is 2.04 bits per heavy atom. The maximum Gasteiger partial charge on any atom is 0.230 e. The Morgan fingerprint density at radius 3 is 2.81 bits per heavy atom. The zero-order valence-electron chi connectivity index (χ0n) is 16.2. The highest BCUT2D eigenvalue weighted by Crippen LogP contribution is 2.41. The van der Waals surface area contributed by atoms with Crippen LogP contribution >= 0.6 is 11.3 Å². The van der Waals surface area contributed by atoms with E-state index in [2.05, 4.69) is 34.9 Å². The van der Waals surface area contributed by atoms with Crippen molar-refractivity contribution in [2.24, 2.45) is 5.41 Å². The zero-order valence-corrected chi connectivity index (χ0v) is 17.1. The molecule has 1 spiro atoms. The van der Waals surface area contributed by atoms with Gasteiger partial charge in [0.1, 0.15) is 5.75 Å². The Bertz CT molecular complexity index is 818. The van der Waals surface area contributed by atoms with Crippen LogP contribution in [0.1, 0.15) is 34.6 Å². The molecule has 0 radical (unpaired) electrons. The quantitative estimate of drug-likeness (QED) is 0.779. The molecule has 0 aliphatic carbocycles. The van der Waals surface area contributed by atoms with E-state index in [0.29, 0.717) is 12.5 Å². The smallest absolute Gasteiger partial charge is 0.230 e. The molecule has 2 aliphatic heterocycles. The van der Waals surface area contributed by atoms with Gasteiger partial charge in [-0.1, -0.05) is 12.1 Å². The highest BCUT2D eigenvalue weighted by atomic mass is 32.1. The van der Waals surface area contributed by atoms with Gasteiger partial charge in [-0.3, -0.25) is 9.69 Å². The van der Waals surface area contributed by atoms with Crippen molar-refractivity contribution in [3.63, 3.8) is 0 Å². The highest BCUT2D eigenvalue weighted by molar-refractivity contribution is 7.11. The van der Waals surface area contributed by atoms with Crippen LogP contribution in [0.2, 0.25) is 0 Å². The predicted molar refractivity (Wildman–Crippen MR) is 109 cm³/mol. The molecule has 144 valence electrons. The second-order valence-corrected chi connectivity index (χ2v) is 9.31. The average molecular weight is 385 g/mol. The predicted octanol–water partition coefficient (Wildman–Crippen LogP) is 4.08. The highest BCUT2D eigenvalue weighted by Gasteiger charge is 2.48. The number of thiophene rings is 1. The molecule has 0 N–H and O–H groups in total. The number of hydrogen-bond acceptors (Lipinski definition) is 4. The number of aryl methyl sites for hydroxylation is 1. The number of piperidine rings is 1. The summed E-state index contributed by atoms with van der Waals surface area (Å²) in [5.74, 6) is 1.20. The van der Waals surface area contributed by atoms with Gasteiger partial charge in [-0.2, -0.15) is 0 Å². The Balaban J connectivity index is 1.43. The fraction of sp³-hybridized carbons (Fsp3) is 0.500. The lowest BCUT2D eigenvalue weighted by atomic mass is 9.78. The Morgan fingerprint density at radius 1 is 1.15 bits per heavy atom. The van der Waals surface area contributed by atoms with Crippen LogP contribution in [-0.2, 0) is 17.9 Å². The fourth-order valence-electron chi connectivity index (χ4n) is 4.56. The first-order valence-electron chi connectivity index (χ1n) is 9.78. The fourth-order valence-corrected chi connectivity index (χ4v) is 5.49. The molecule has 4 rings (SSSR count). The van der Waals surface area contributed by atoms with Gasteiger partial charge in [-0.05, 0) is 62.6 Å². The van der Waals surface area contributed by atoms with Crippen LogP contribution in [-0.4, -0.2) is 42.5 Å². The van der Waals surface area contributed by atoms with Gasteiger partial charge in [0.2, 0.25) is 5.91 Å². The van der Waals surface area contributed by atoms with Crippen LogP contribution < -0.4 is 4.74 Å². The number of amides is 1. The molecule has 0 saturated carbocycles. The van der Waals surface area contributed by atoms with E-state index in [1.807, 2.05) is 29.5 Å². The lowest BCUT2D eigenvalue weighted by Gasteiger charge is -2.39. The van der Waals surface area contributed by atoms with Crippen molar-refractivity contribution in [3.8, 4) is 5.75 Å². The topological polar surface area (TPSA) is 32.8 Å². The molecule has 2 saturated heterocycles. The minimum Gasteiger partial charge on any atom is -0.497 e. The molecule has 1 unspecified atom stereocenters. The number of carbonyl (C=O) groups is 1. The number of carbonyl (C=O) groups excluding carboxylic acids is 1. The second-order valence-electron chi connectivity index (χ2n) is 7.94. The van der Waals surface area contributed by atoms with Gasteiger partial charge in [0.05, 0.1) is 12.5 Å². The van der Waals surface area contributed by atoms with Crippen molar-refractivity contribution in [2.75, 3.05) is 26.7 Å².